The SMILES string of the molecule is COC(=O)/C(=C(/O)OC)c1ccc2ccc3cccc4ccc1c2c34. The Hall–Kier alpha value is -3.27. The van der Waals surface area contributed by atoms with Crippen LogP contribution in [0.3, 0.4) is 0 Å². The highest BCUT2D eigenvalue weighted by atomic mass is 16.6. The second kappa shape index (κ2) is 5.67. The van der Waals surface area contributed by atoms with Gasteiger partial charge in [-0.05, 0) is 32.3 Å². The van der Waals surface area contributed by atoms with Gasteiger partial charge in [0.2, 0.25) is 0 Å². The summed E-state index contributed by atoms with van der Waals surface area (Å²) in [5.74, 6) is -1.10. The topological polar surface area (TPSA) is 55.8 Å². The molecule has 0 aliphatic carbocycles. The molecule has 124 valence electrons. The molecular formula is C21H16O4. The van der Waals surface area contributed by atoms with E-state index in [0.717, 1.165) is 32.3 Å². The first-order chi connectivity index (χ1) is 12.2. The minimum Gasteiger partial charge on any atom is -0.480 e. The summed E-state index contributed by atoms with van der Waals surface area (Å²) >= 11 is 0. The van der Waals surface area contributed by atoms with Gasteiger partial charge in [0.25, 0.3) is 5.95 Å². The van der Waals surface area contributed by atoms with Crippen molar-refractivity contribution in [3.63, 3.8) is 0 Å². The fourth-order valence-electron chi connectivity index (χ4n) is 3.47. The molecule has 0 radical (unpaired) electrons. The minimum atomic E-state index is -0.644. The number of hydrogen-bond donors (Lipinski definition) is 1. The summed E-state index contributed by atoms with van der Waals surface area (Å²) in [5.41, 5.74) is 0.597. The highest BCUT2D eigenvalue weighted by Gasteiger charge is 2.23. The highest BCUT2D eigenvalue weighted by Crippen LogP contribution is 2.38. The summed E-state index contributed by atoms with van der Waals surface area (Å²) in [5, 5.41) is 16.5. The first kappa shape index (κ1) is 15.3. The zero-order valence-electron chi connectivity index (χ0n) is 13.9. The summed E-state index contributed by atoms with van der Waals surface area (Å²) in [7, 11) is 2.59. The largest absolute Gasteiger partial charge is 0.480 e. The normalized spacial score (nSPS) is 12.6. The average molecular weight is 332 g/mol. The van der Waals surface area contributed by atoms with Crippen LogP contribution in [-0.4, -0.2) is 25.3 Å². The molecule has 4 nitrogen and oxygen atoms in total. The maximum Gasteiger partial charge on any atom is 0.345 e. The van der Waals surface area contributed by atoms with Crippen molar-refractivity contribution < 1.29 is 19.4 Å². The van der Waals surface area contributed by atoms with Crippen LogP contribution >= 0.6 is 0 Å². The number of methoxy groups -OCH3 is 2. The summed E-state index contributed by atoms with van der Waals surface area (Å²) in [4.78, 5) is 12.3. The molecule has 0 unspecified atom stereocenters. The Morgan fingerprint density at radius 3 is 2.04 bits per heavy atom. The molecule has 4 aromatic rings. The Labute approximate surface area is 144 Å². The van der Waals surface area contributed by atoms with E-state index in [0.29, 0.717) is 5.56 Å². The third-order valence-corrected chi connectivity index (χ3v) is 4.59. The lowest BCUT2D eigenvalue weighted by Gasteiger charge is -2.15. The van der Waals surface area contributed by atoms with Crippen molar-refractivity contribution in [1.82, 2.24) is 0 Å². The van der Waals surface area contributed by atoms with E-state index in [4.69, 9.17) is 9.47 Å². The number of hydrogen-bond acceptors (Lipinski definition) is 4. The standard InChI is InChI=1S/C21H16O4/c1-24-20(22)19(21(23)25-2)16-11-9-14-7-6-12-4-3-5-13-8-10-15(16)18(14)17(12)13/h3-11,22H,1-2H3/b20-19-. The summed E-state index contributed by atoms with van der Waals surface area (Å²) in [6, 6.07) is 18.0. The lowest BCUT2D eigenvalue weighted by atomic mass is 9.90. The van der Waals surface area contributed by atoms with Crippen LogP contribution in [0.1, 0.15) is 5.56 Å². The monoisotopic (exact) mass is 332 g/mol. The Morgan fingerprint density at radius 2 is 1.40 bits per heavy atom. The molecule has 0 atom stereocenters. The second-order valence-corrected chi connectivity index (χ2v) is 5.85. The maximum absolute atomic E-state index is 12.3. The Kier molecular flexibility index (Phi) is 3.46. The van der Waals surface area contributed by atoms with E-state index in [1.165, 1.54) is 14.2 Å². The van der Waals surface area contributed by atoms with E-state index < -0.39 is 11.9 Å². The number of aliphatic hydroxyl groups is 1. The van der Waals surface area contributed by atoms with Crippen molar-refractivity contribution in [2.45, 2.75) is 0 Å². The van der Waals surface area contributed by atoms with Gasteiger partial charge in [-0.3, -0.25) is 0 Å². The number of ether oxygens (including phenoxy) is 2. The summed E-state index contributed by atoms with van der Waals surface area (Å²) in [6.07, 6.45) is 0. The molecule has 0 amide bonds. The van der Waals surface area contributed by atoms with E-state index in [1.54, 1.807) is 0 Å². The predicted octanol–water partition coefficient (Wildman–Crippen LogP) is 4.63. The zero-order valence-corrected chi connectivity index (χ0v) is 13.9. The van der Waals surface area contributed by atoms with Crippen molar-refractivity contribution in [3.8, 4) is 0 Å². The van der Waals surface area contributed by atoms with Crippen LogP contribution < -0.4 is 0 Å². The minimum absolute atomic E-state index is 0.0166. The van der Waals surface area contributed by atoms with E-state index in [-0.39, 0.29) is 5.57 Å². The van der Waals surface area contributed by atoms with Gasteiger partial charge in [-0.25, -0.2) is 4.79 Å². The molecule has 4 rings (SSSR count). The predicted molar refractivity (Wildman–Crippen MR) is 98.7 cm³/mol. The number of aliphatic hydroxyl groups excluding tert-OH is 1. The van der Waals surface area contributed by atoms with E-state index in [1.807, 2.05) is 30.3 Å². The van der Waals surface area contributed by atoms with Gasteiger partial charge in [0.15, 0.2) is 0 Å². The third kappa shape index (κ3) is 2.18. The molecule has 0 saturated heterocycles. The van der Waals surface area contributed by atoms with Crippen LogP contribution in [0.25, 0.3) is 37.9 Å². The van der Waals surface area contributed by atoms with Crippen molar-refractivity contribution in [1.29, 1.82) is 0 Å². The summed E-state index contributed by atoms with van der Waals surface area (Å²) < 4.78 is 9.76. The molecule has 25 heavy (non-hydrogen) atoms. The number of carbonyl (C=O) groups is 1. The third-order valence-electron chi connectivity index (χ3n) is 4.59. The molecule has 0 spiro atoms. The summed E-state index contributed by atoms with van der Waals surface area (Å²) in [6.45, 7) is 0. The number of esters is 1. The van der Waals surface area contributed by atoms with Crippen LogP contribution in [0.2, 0.25) is 0 Å². The second-order valence-electron chi connectivity index (χ2n) is 5.85. The molecule has 0 heterocycles. The molecule has 0 aliphatic rings. The van der Waals surface area contributed by atoms with Crippen LogP contribution in [0, 0.1) is 0 Å². The number of rotatable bonds is 3. The Bertz CT molecular complexity index is 1130. The van der Waals surface area contributed by atoms with Gasteiger partial charge in [-0.1, -0.05) is 54.6 Å². The van der Waals surface area contributed by atoms with Gasteiger partial charge >= 0.3 is 5.97 Å². The smallest absolute Gasteiger partial charge is 0.345 e. The van der Waals surface area contributed by atoms with Gasteiger partial charge in [0, 0.05) is 5.56 Å². The van der Waals surface area contributed by atoms with Crippen molar-refractivity contribution >= 4 is 43.9 Å². The molecule has 0 fully saturated rings. The van der Waals surface area contributed by atoms with Gasteiger partial charge in [-0.2, -0.15) is 0 Å². The molecule has 0 aliphatic heterocycles. The van der Waals surface area contributed by atoms with Crippen LogP contribution in [0.5, 0.6) is 0 Å². The zero-order chi connectivity index (χ0) is 17.6. The van der Waals surface area contributed by atoms with E-state index in [2.05, 4.69) is 24.3 Å². The maximum atomic E-state index is 12.3. The quantitative estimate of drug-likeness (QED) is 0.257. The molecule has 4 heteroatoms. The molecule has 0 bridgehead atoms. The Morgan fingerprint density at radius 1 is 0.800 bits per heavy atom. The number of benzene rings is 4. The molecular weight excluding hydrogens is 316 g/mol. The highest BCUT2D eigenvalue weighted by molar-refractivity contribution is 6.28. The van der Waals surface area contributed by atoms with Gasteiger partial charge < -0.3 is 14.6 Å². The first-order valence-corrected chi connectivity index (χ1v) is 7.88. The van der Waals surface area contributed by atoms with Gasteiger partial charge in [0.1, 0.15) is 5.57 Å². The lowest BCUT2D eigenvalue weighted by molar-refractivity contribution is -0.134. The molecule has 1 N–H and O–H groups in total. The average Bonchev–Trinajstić information content (AvgIpc) is 2.66. The molecule has 0 saturated carbocycles. The fourth-order valence-corrected chi connectivity index (χ4v) is 3.47. The first-order valence-electron chi connectivity index (χ1n) is 7.88. The molecule has 0 aromatic heterocycles. The van der Waals surface area contributed by atoms with Crippen molar-refractivity contribution in [3.05, 3.63) is 66.1 Å². The van der Waals surface area contributed by atoms with Crippen molar-refractivity contribution in [2.75, 3.05) is 14.2 Å². The van der Waals surface area contributed by atoms with E-state index >= 15 is 0 Å². The molecule has 4 aromatic carbocycles. The van der Waals surface area contributed by atoms with Crippen LogP contribution in [-0.2, 0) is 14.3 Å². The van der Waals surface area contributed by atoms with Gasteiger partial charge in [-0.15, -0.1) is 0 Å². The van der Waals surface area contributed by atoms with E-state index in [9.17, 15) is 9.90 Å². The number of carbonyl (C=O) groups excluding carboxylic acids is 1. The van der Waals surface area contributed by atoms with Crippen LogP contribution in [0.4, 0.5) is 0 Å². The lowest BCUT2D eigenvalue weighted by Crippen LogP contribution is -2.08. The van der Waals surface area contributed by atoms with Gasteiger partial charge in [0.05, 0.1) is 14.2 Å². The van der Waals surface area contributed by atoms with Crippen LogP contribution in [0.15, 0.2) is 60.5 Å². The van der Waals surface area contributed by atoms with Crippen molar-refractivity contribution in [2.24, 2.45) is 0 Å². The Balaban J connectivity index is 2.17. The fraction of sp³-hybridized carbons (Fsp3) is 0.0952.